The van der Waals surface area contributed by atoms with Gasteiger partial charge in [0.1, 0.15) is 0 Å². The number of carbonyl (C=O) groups is 1. The predicted octanol–water partition coefficient (Wildman–Crippen LogP) is 6.38. The first-order valence-corrected chi connectivity index (χ1v) is 10.3. The molecule has 5 heteroatoms. The van der Waals surface area contributed by atoms with E-state index in [9.17, 15) is 4.79 Å². The Kier molecular flexibility index (Phi) is 5.31. The highest BCUT2D eigenvalue weighted by Gasteiger charge is 2.44. The second kappa shape index (κ2) is 7.73. The number of rotatable bonds is 2. The molecule has 1 fully saturated rings. The Balaban J connectivity index is 1.75. The fraction of sp³-hybridized carbons (Fsp3) is 0.304. The Morgan fingerprint density at radius 2 is 1.68 bits per heavy atom. The first-order valence-electron chi connectivity index (χ1n) is 9.52. The molecule has 1 heterocycles. The monoisotopic (exact) mass is 412 g/mol. The van der Waals surface area contributed by atoms with Crippen LogP contribution in [0.4, 0.5) is 0 Å². The second-order valence-corrected chi connectivity index (χ2v) is 8.59. The molecule has 4 rings (SSSR count). The van der Waals surface area contributed by atoms with E-state index in [1.807, 2.05) is 48.5 Å². The summed E-state index contributed by atoms with van der Waals surface area (Å²) in [5.74, 6) is 0.664. The van der Waals surface area contributed by atoms with Crippen LogP contribution in [0.5, 0.6) is 0 Å². The molecule has 0 bridgehead atoms. The Bertz CT molecular complexity index is 948. The van der Waals surface area contributed by atoms with Crippen LogP contribution in [0.15, 0.2) is 59.2 Å². The molecule has 2 aromatic rings. The Morgan fingerprint density at radius 1 is 1.07 bits per heavy atom. The van der Waals surface area contributed by atoms with Gasteiger partial charge < -0.3 is 0 Å². The van der Waals surface area contributed by atoms with E-state index in [-0.39, 0.29) is 17.9 Å². The third-order valence-electron chi connectivity index (χ3n) is 5.51. The number of amides is 1. The lowest BCUT2D eigenvalue weighted by Gasteiger charge is -2.32. The SMILES string of the molecule is CC(=O)N1N=C2/C(=C/c3ccc(Cl)cc3)C[C@H](C)C[C@@H]2[C@@H]1c1ccc(Cl)cc1. The van der Waals surface area contributed by atoms with E-state index in [2.05, 4.69) is 13.0 Å². The van der Waals surface area contributed by atoms with Crippen LogP contribution in [0.25, 0.3) is 6.08 Å². The first kappa shape index (κ1) is 19.2. The van der Waals surface area contributed by atoms with E-state index in [1.165, 1.54) is 5.57 Å². The van der Waals surface area contributed by atoms with Crippen LogP contribution in [-0.4, -0.2) is 16.6 Å². The third kappa shape index (κ3) is 3.74. The number of carbonyl (C=O) groups excluding carboxylic acids is 1. The van der Waals surface area contributed by atoms with Crippen LogP contribution in [-0.2, 0) is 4.79 Å². The van der Waals surface area contributed by atoms with E-state index in [1.54, 1.807) is 11.9 Å². The van der Waals surface area contributed by atoms with Gasteiger partial charge in [0, 0.05) is 22.9 Å². The number of hydrazone groups is 1. The van der Waals surface area contributed by atoms with Crippen molar-refractivity contribution >= 4 is 40.9 Å². The number of hydrogen-bond donors (Lipinski definition) is 0. The van der Waals surface area contributed by atoms with Crippen molar-refractivity contribution in [3.63, 3.8) is 0 Å². The molecule has 0 saturated heterocycles. The number of hydrogen-bond acceptors (Lipinski definition) is 2. The van der Waals surface area contributed by atoms with Gasteiger partial charge in [-0.1, -0.05) is 54.4 Å². The minimum absolute atomic E-state index is 0.0413. The van der Waals surface area contributed by atoms with Crippen LogP contribution in [0.3, 0.4) is 0 Å². The van der Waals surface area contributed by atoms with Gasteiger partial charge >= 0.3 is 0 Å². The van der Waals surface area contributed by atoms with Gasteiger partial charge in [0.15, 0.2) is 0 Å². The van der Waals surface area contributed by atoms with Crippen molar-refractivity contribution in [2.75, 3.05) is 0 Å². The lowest BCUT2D eigenvalue weighted by atomic mass is 9.73. The average molecular weight is 413 g/mol. The Labute approximate surface area is 175 Å². The van der Waals surface area contributed by atoms with Crippen molar-refractivity contribution in [1.29, 1.82) is 0 Å². The largest absolute Gasteiger partial charge is 0.273 e. The van der Waals surface area contributed by atoms with Crippen LogP contribution in [0, 0.1) is 11.8 Å². The van der Waals surface area contributed by atoms with Gasteiger partial charge in [-0.3, -0.25) is 4.79 Å². The van der Waals surface area contributed by atoms with Crippen molar-refractivity contribution in [1.82, 2.24) is 5.01 Å². The zero-order valence-corrected chi connectivity index (χ0v) is 17.4. The van der Waals surface area contributed by atoms with Crippen molar-refractivity contribution < 1.29 is 4.79 Å². The standard InChI is InChI=1S/C23H22Cl2N2O/c1-14-11-18(13-16-3-7-19(24)8-4-16)22-21(12-14)23(27(26-22)15(2)28)17-5-9-20(25)10-6-17/h3-10,13-14,21,23H,11-12H2,1-2H3/b18-13+/t14-,21-,23-/m0/s1. The lowest BCUT2D eigenvalue weighted by molar-refractivity contribution is -0.131. The molecule has 28 heavy (non-hydrogen) atoms. The maximum Gasteiger partial charge on any atom is 0.240 e. The first-order chi connectivity index (χ1) is 13.4. The van der Waals surface area contributed by atoms with E-state index < -0.39 is 0 Å². The summed E-state index contributed by atoms with van der Waals surface area (Å²) >= 11 is 12.1. The van der Waals surface area contributed by atoms with E-state index in [4.69, 9.17) is 28.3 Å². The summed E-state index contributed by atoms with van der Waals surface area (Å²) in [7, 11) is 0. The summed E-state index contributed by atoms with van der Waals surface area (Å²) in [5.41, 5.74) is 4.40. The van der Waals surface area contributed by atoms with Gasteiger partial charge in [-0.15, -0.1) is 0 Å². The molecule has 2 aliphatic rings. The summed E-state index contributed by atoms with van der Waals surface area (Å²) in [6.45, 7) is 3.85. The molecule has 144 valence electrons. The molecule has 0 N–H and O–H groups in total. The van der Waals surface area contributed by atoms with Crippen LogP contribution in [0.2, 0.25) is 10.0 Å². The number of fused-ring (bicyclic) bond motifs is 1. The second-order valence-electron chi connectivity index (χ2n) is 7.72. The van der Waals surface area contributed by atoms with Crippen LogP contribution >= 0.6 is 23.2 Å². The number of benzene rings is 2. The summed E-state index contributed by atoms with van der Waals surface area (Å²) in [6, 6.07) is 15.5. The highest BCUT2D eigenvalue weighted by Crippen LogP contribution is 2.46. The number of halogens is 2. The molecule has 2 aromatic carbocycles. The zero-order valence-electron chi connectivity index (χ0n) is 15.9. The quantitative estimate of drug-likeness (QED) is 0.562. The minimum Gasteiger partial charge on any atom is -0.273 e. The topological polar surface area (TPSA) is 32.7 Å². The molecule has 1 saturated carbocycles. The van der Waals surface area contributed by atoms with Crippen molar-refractivity contribution in [2.45, 2.75) is 32.7 Å². The molecule has 1 aliphatic carbocycles. The predicted molar refractivity (Wildman–Crippen MR) is 115 cm³/mol. The van der Waals surface area contributed by atoms with E-state index in [0.29, 0.717) is 10.9 Å². The molecule has 0 unspecified atom stereocenters. The molecule has 3 atom stereocenters. The number of nitrogens with zero attached hydrogens (tertiary/aromatic N) is 2. The molecule has 1 aliphatic heterocycles. The van der Waals surface area contributed by atoms with E-state index in [0.717, 1.165) is 34.7 Å². The zero-order chi connectivity index (χ0) is 19.8. The summed E-state index contributed by atoms with van der Waals surface area (Å²) in [6.07, 6.45) is 4.14. The van der Waals surface area contributed by atoms with Gasteiger partial charge in [0.05, 0.1) is 11.8 Å². The third-order valence-corrected chi connectivity index (χ3v) is 6.01. The van der Waals surface area contributed by atoms with Gasteiger partial charge in [-0.25, -0.2) is 5.01 Å². The number of allylic oxidation sites excluding steroid dienone is 1. The Hall–Kier alpha value is -2.10. The van der Waals surface area contributed by atoms with Crippen molar-refractivity contribution in [2.24, 2.45) is 16.9 Å². The summed E-state index contributed by atoms with van der Waals surface area (Å²) in [4.78, 5) is 12.4. The van der Waals surface area contributed by atoms with Gasteiger partial charge in [0.25, 0.3) is 0 Å². The van der Waals surface area contributed by atoms with E-state index >= 15 is 0 Å². The minimum atomic E-state index is -0.0823. The lowest BCUT2D eigenvalue weighted by Crippen LogP contribution is -2.32. The summed E-state index contributed by atoms with van der Waals surface area (Å²) in [5, 5.41) is 7.86. The molecule has 0 aromatic heterocycles. The molecule has 0 spiro atoms. The maximum absolute atomic E-state index is 12.4. The van der Waals surface area contributed by atoms with Crippen LogP contribution < -0.4 is 0 Å². The average Bonchev–Trinajstić information content (AvgIpc) is 3.04. The van der Waals surface area contributed by atoms with Gasteiger partial charge in [0.2, 0.25) is 5.91 Å². The van der Waals surface area contributed by atoms with Crippen LogP contribution in [0.1, 0.15) is 43.9 Å². The molecular weight excluding hydrogens is 391 g/mol. The van der Waals surface area contributed by atoms with Gasteiger partial charge in [-0.2, -0.15) is 5.10 Å². The molecular formula is C23H22Cl2N2O. The Morgan fingerprint density at radius 3 is 2.29 bits per heavy atom. The highest BCUT2D eigenvalue weighted by atomic mass is 35.5. The fourth-order valence-corrected chi connectivity index (χ4v) is 4.56. The molecule has 1 amide bonds. The molecule has 0 radical (unpaired) electrons. The van der Waals surface area contributed by atoms with Crippen molar-refractivity contribution in [3.05, 3.63) is 75.3 Å². The smallest absolute Gasteiger partial charge is 0.240 e. The fourth-order valence-electron chi connectivity index (χ4n) is 4.30. The highest BCUT2D eigenvalue weighted by molar-refractivity contribution is 6.30. The normalized spacial score (nSPS) is 25.6. The van der Waals surface area contributed by atoms with Gasteiger partial charge in [-0.05, 0) is 65.8 Å². The molecule has 3 nitrogen and oxygen atoms in total. The van der Waals surface area contributed by atoms with Crippen molar-refractivity contribution in [3.8, 4) is 0 Å². The summed E-state index contributed by atoms with van der Waals surface area (Å²) < 4.78 is 0. The maximum atomic E-state index is 12.4.